The van der Waals surface area contributed by atoms with Crippen molar-refractivity contribution in [2.45, 2.75) is 46.7 Å². The van der Waals surface area contributed by atoms with Gasteiger partial charge in [0, 0.05) is 36.6 Å². The van der Waals surface area contributed by atoms with Gasteiger partial charge in [-0.2, -0.15) is 0 Å². The van der Waals surface area contributed by atoms with E-state index in [9.17, 15) is 9.59 Å². The Morgan fingerprint density at radius 1 is 1.38 bits per heavy atom. The maximum Gasteiger partial charge on any atom is 0.240 e. The fourth-order valence-corrected chi connectivity index (χ4v) is 3.05. The molecule has 0 unspecified atom stereocenters. The van der Waals surface area contributed by atoms with Gasteiger partial charge in [0.2, 0.25) is 5.91 Å². The second kappa shape index (κ2) is 5.64. The van der Waals surface area contributed by atoms with Crippen LogP contribution in [0.3, 0.4) is 0 Å². The van der Waals surface area contributed by atoms with Gasteiger partial charge in [-0.3, -0.25) is 14.5 Å². The summed E-state index contributed by atoms with van der Waals surface area (Å²) < 4.78 is 2.14. The summed E-state index contributed by atoms with van der Waals surface area (Å²) in [4.78, 5) is 26.5. The summed E-state index contributed by atoms with van der Waals surface area (Å²) in [6, 6.07) is 1.96. The fraction of sp³-hybridized carbons (Fsp3) is 0.625. The lowest BCUT2D eigenvalue weighted by atomic mass is 9.98. The zero-order valence-corrected chi connectivity index (χ0v) is 13.6. The quantitative estimate of drug-likeness (QED) is 0.856. The van der Waals surface area contributed by atoms with E-state index in [1.54, 1.807) is 0 Å². The largest absolute Gasteiger partial charge is 0.353 e. The van der Waals surface area contributed by atoms with E-state index < -0.39 is 5.54 Å². The van der Waals surface area contributed by atoms with Gasteiger partial charge < -0.3 is 9.88 Å². The molecule has 2 heterocycles. The van der Waals surface area contributed by atoms with E-state index in [1.165, 1.54) is 0 Å². The van der Waals surface area contributed by atoms with E-state index in [-0.39, 0.29) is 18.2 Å². The predicted octanol–water partition coefficient (Wildman–Crippen LogP) is 1.52. The van der Waals surface area contributed by atoms with Crippen molar-refractivity contribution in [3.8, 4) is 0 Å². The summed E-state index contributed by atoms with van der Waals surface area (Å²) in [5.41, 5.74) is 2.26. The summed E-state index contributed by atoms with van der Waals surface area (Å²) in [5, 5.41) is 2.85. The number of piperazine rings is 1. The first-order valence-corrected chi connectivity index (χ1v) is 7.52. The Balaban J connectivity index is 2.20. The van der Waals surface area contributed by atoms with Crippen LogP contribution in [0.5, 0.6) is 0 Å². The van der Waals surface area contributed by atoms with Crippen molar-refractivity contribution in [3.05, 3.63) is 23.0 Å². The van der Waals surface area contributed by atoms with Crippen LogP contribution >= 0.6 is 0 Å². The highest BCUT2D eigenvalue weighted by atomic mass is 16.2. The van der Waals surface area contributed by atoms with Crippen molar-refractivity contribution in [1.29, 1.82) is 0 Å². The van der Waals surface area contributed by atoms with Crippen molar-refractivity contribution >= 4 is 11.7 Å². The average molecular weight is 291 g/mol. The third-order valence-corrected chi connectivity index (χ3v) is 4.54. The monoisotopic (exact) mass is 291 g/mol. The van der Waals surface area contributed by atoms with E-state index in [0.29, 0.717) is 13.1 Å². The van der Waals surface area contributed by atoms with E-state index in [1.807, 2.05) is 38.7 Å². The number of hydrogen-bond acceptors (Lipinski definition) is 3. The molecule has 5 heteroatoms. The number of ketones is 1. The molecule has 21 heavy (non-hydrogen) atoms. The smallest absolute Gasteiger partial charge is 0.240 e. The molecule has 1 aromatic rings. The Kier molecular flexibility index (Phi) is 4.23. The van der Waals surface area contributed by atoms with Crippen LogP contribution in [0.1, 0.15) is 42.5 Å². The van der Waals surface area contributed by atoms with E-state index in [2.05, 4.69) is 16.8 Å². The average Bonchev–Trinajstić information content (AvgIpc) is 2.70. The lowest BCUT2D eigenvalue weighted by Gasteiger charge is -2.40. The summed E-state index contributed by atoms with van der Waals surface area (Å²) in [6.45, 7) is 12.3. The van der Waals surface area contributed by atoms with Gasteiger partial charge in [0.15, 0.2) is 5.78 Å². The molecule has 0 saturated carbocycles. The lowest BCUT2D eigenvalue weighted by molar-refractivity contribution is -0.134. The summed E-state index contributed by atoms with van der Waals surface area (Å²) in [6.07, 6.45) is 0. The number of amides is 1. The lowest BCUT2D eigenvalue weighted by Crippen LogP contribution is -2.62. The van der Waals surface area contributed by atoms with Gasteiger partial charge in [0.25, 0.3) is 0 Å². The van der Waals surface area contributed by atoms with Crippen LogP contribution in [0.25, 0.3) is 0 Å². The molecule has 1 aliphatic heterocycles. The fourth-order valence-electron chi connectivity index (χ4n) is 3.05. The maximum absolute atomic E-state index is 12.6. The minimum absolute atomic E-state index is 0.0134. The van der Waals surface area contributed by atoms with E-state index >= 15 is 0 Å². The molecule has 116 valence electrons. The number of aromatic nitrogens is 1. The van der Waals surface area contributed by atoms with Gasteiger partial charge in [0.1, 0.15) is 0 Å². The first-order valence-electron chi connectivity index (χ1n) is 7.52. The normalized spacial score (nSPS) is 18.6. The molecule has 1 saturated heterocycles. The number of carbonyl (C=O) groups excluding carboxylic acids is 2. The van der Waals surface area contributed by atoms with Crippen LogP contribution in [-0.2, 0) is 11.3 Å². The van der Waals surface area contributed by atoms with Gasteiger partial charge in [-0.05, 0) is 40.7 Å². The van der Waals surface area contributed by atoms with Gasteiger partial charge in [0.05, 0.1) is 12.1 Å². The number of hydrogen-bond donors (Lipinski definition) is 1. The molecule has 0 radical (unpaired) electrons. The third kappa shape index (κ3) is 2.75. The zero-order chi connectivity index (χ0) is 15.8. The van der Waals surface area contributed by atoms with Gasteiger partial charge in [-0.15, -0.1) is 0 Å². The van der Waals surface area contributed by atoms with Crippen LogP contribution in [0.2, 0.25) is 0 Å². The maximum atomic E-state index is 12.6. The Bertz CT molecular complexity index is 572. The van der Waals surface area contributed by atoms with Gasteiger partial charge >= 0.3 is 0 Å². The molecule has 0 aromatic carbocycles. The third-order valence-electron chi connectivity index (χ3n) is 4.54. The highest BCUT2D eigenvalue weighted by molar-refractivity contribution is 5.99. The standard InChI is InChI=1S/C16H25N3O2/c1-6-19-11(2)9-13(12(19)3)14(20)10-18-8-7-17-15(21)16(18,4)5/h9H,6-8,10H2,1-5H3,(H,17,21). The summed E-state index contributed by atoms with van der Waals surface area (Å²) in [7, 11) is 0. The molecule has 0 atom stereocenters. The number of carbonyl (C=O) groups is 2. The molecule has 0 aliphatic carbocycles. The first-order chi connectivity index (χ1) is 9.78. The highest BCUT2D eigenvalue weighted by Gasteiger charge is 2.38. The molecule has 2 rings (SSSR count). The van der Waals surface area contributed by atoms with Gasteiger partial charge in [-0.25, -0.2) is 0 Å². The summed E-state index contributed by atoms with van der Waals surface area (Å²) in [5.74, 6) is 0.0751. The Hall–Kier alpha value is -1.62. The number of nitrogens with zero attached hydrogens (tertiary/aromatic N) is 2. The number of rotatable bonds is 4. The second-order valence-electron chi connectivity index (χ2n) is 6.19. The molecular weight excluding hydrogens is 266 g/mol. The van der Waals surface area contributed by atoms with E-state index in [0.717, 1.165) is 23.5 Å². The van der Waals surface area contributed by atoms with Crippen LogP contribution < -0.4 is 5.32 Å². The Morgan fingerprint density at radius 2 is 2.05 bits per heavy atom. The van der Waals surface area contributed by atoms with Crippen LogP contribution in [0, 0.1) is 13.8 Å². The number of nitrogens with one attached hydrogen (secondary N) is 1. The minimum Gasteiger partial charge on any atom is -0.353 e. The van der Waals surface area contributed by atoms with Crippen molar-refractivity contribution < 1.29 is 9.59 Å². The molecule has 1 amide bonds. The van der Waals surface area contributed by atoms with Gasteiger partial charge in [-0.1, -0.05) is 0 Å². The van der Waals surface area contributed by atoms with Crippen LogP contribution in [0.15, 0.2) is 6.07 Å². The van der Waals surface area contributed by atoms with Crippen molar-refractivity contribution in [1.82, 2.24) is 14.8 Å². The van der Waals surface area contributed by atoms with Crippen LogP contribution in [0.4, 0.5) is 0 Å². The minimum atomic E-state index is -0.635. The molecule has 1 aliphatic rings. The molecule has 1 aromatic heterocycles. The molecule has 1 N–H and O–H groups in total. The molecule has 0 bridgehead atoms. The van der Waals surface area contributed by atoms with Crippen molar-refractivity contribution in [2.24, 2.45) is 0 Å². The topological polar surface area (TPSA) is 54.3 Å². The number of Topliss-reactive ketones (excluding diaryl/α,β-unsaturated/α-hetero) is 1. The predicted molar refractivity (Wildman–Crippen MR) is 82.6 cm³/mol. The number of aryl methyl sites for hydroxylation is 1. The van der Waals surface area contributed by atoms with Crippen LogP contribution in [-0.4, -0.2) is 46.3 Å². The van der Waals surface area contributed by atoms with Crippen molar-refractivity contribution in [2.75, 3.05) is 19.6 Å². The molecule has 5 nitrogen and oxygen atoms in total. The van der Waals surface area contributed by atoms with E-state index in [4.69, 9.17) is 0 Å². The summed E-state index contributed by atoms with van der Waals surface area (Å²) >= 11 is 0. The van der Waals surface area contributed by atoms with Crippen molar-refractivity contribution in [3.63, 3.8) is 0 Å². The highest BCUT2D eigenvalue weighted by Crippen LogP contribution is 2.20. The Labute approximate surface area is 126 Å². The Morgan fingerprint density at radius 3 is 2.62 bits per heavy atom. The first kappa shape index (κ1) is 15.8. The molecule has 0 spiro atoms. The molecule has 1 fully saturated rings. The second-order valence-corrected chi connectivity index (χ2v) is 6.19. The SMILES string of the molecule is CCn1c(C)cc(C(=O)CN2CCNC(=O)C2(C)C)c1C. The zero-order valence-electron chi connectivity index (χ0n) is 13.6. The molecular formula is C16H25N3O2.